The van der Waals surface area contributed by atoms with Gasteiger partial charge in [-0.05, 0) is 11.8 Å². The first-order chi connectivity index (χ1) is 7.00. The van der Waals surface area contributed by atoms with Crippen molar-refractivity contribution in [3.63, 3.8) is 0 Å². The van der Waals surface area contributed by atoms with Crippen LogP contribution in [0.2, 0.25) is 0 Å². The number of carbonyl (C=O) groups is 1. The highest BCUT2D eigenvalue weighted by Gasteiger charge is 2.16. The van der Waals surface area contributed by atoms with Crippen molar-refractivity contribution in [2.24, 2.45) is 0 Å². The SMILES string of the molecule is CC(=O)OC(C)Cn1cncc1[N+](=O)[O-]. The molecule has 1 aromatic rings. The number of aromatic nitrogens is 2. The third kappa shape index (κ3) is 3.04. The van der Waals surface area contributed by atoms with Crippen LogP contribution in [0.5, 0.6) is 0 Å². The van der Waals surface area contributed by atoms with Gasteiger partial charge in [0, 0.05) is 6.92 Å². The number of ether oxygens (including phenoxy) is 1. The van der Waals surface area contributed by atoms with Crippen LogP contribution in [-0.2, 0) is 16.1 Å². The standard InChI is InChI=1S/C8H11N3O4/c1-6(15-7(2)12)4-10-5-9-3-8(10)11(13)14/h3,5-6H,4H2,1-2H3. The van der Waals surface area contributed by atoms with E-state index >= 15 is 0 Å². The van der Waals surface area contributed by atoms with Crippen LogP contribution in [0.3, 0.4) is 0 Å². The van der Waals surface area contributed by atoms with E-state index < -0.39 is 17.0 Å². The molecular weight excluding hydrogens is 202 g/mol. The number of hydrogen-bond acceptors (Lipinski definition) is 5. The van der Waals surface area contributed by atoms with E-state index in [9.17, 15) is 14.9 Å². The largest absolute Gasteiger partial charge is 0.459 e. The molecular formula is C8H11N3O4. The van der Waals surface area contributed by atoms with E-state index in [0.29, 0.717) is 0 Å². The number of nitrogens with zero attached hydrogens (tertiary/aromatic N) is 3. The predicted octanol–water partition coefficient (Wildman–Crippen LogP) is 0.743. The number of esters is 1. The third-order valence-corrected chi connectivity index (χ3v) is 1.70. The summed E-state index contributed by atoms with van der Waals surface area (Å²) in [7, 11) is 0. The number of nitro groups is 1. The van der Waals surface area contributed by atoms with Gasteiger partial charge in [-0.3, -0.25) is 4.79 Å². The van der Waals surface area contributed by atoms with Gasteiger partial charge in [0.05, 0.1) is 0 Å². The fourth-order valence-corrected chi connectivity index (χ4v) is 1.20. The van der Waals surface area contributed by atoms with E-state index in [1.54, 1.807) is 6.92 Å². The van der Waals surface area contributed by atoms with Crippen LogP contribution in [0.25, 0.3) is 0 Å². The van der Waals surface area contributed by atoms with Crippen molar-refractivity contribution < 1.29 is 14.5 Å². The highest BCUT2D eigenvalue weighted by atomic mass is 16.6. The lowest BCUT2D eigenvalue weighted by Gasteiger charge is -2.09. The minimum Gasteiger partial charge on any atom is -0.459 e. The summed E-state index contributed by atoms with van der Waals surface area (Å²) in [5.74, 6) is -0.528. The van der Waals surface area contributed by atoms with Crippen molar-refractivity contribution in [2.75, 3.05) is 0 Å². The maximum Gasteiger partial charge on any atom is 0.342 e. The molecule has 0 amide bonds. The first-order valence-corrected chi connectivity index (χ1v) is 4.32. The van der Waals surface area contributed by atoms with Crippen molar-refractivity contribution >= 4 is 11.8 Å². The molecule has 0 fully saturated rings. The Morgan fingerprint density at radius 1 is 1.80 bits per heavy atom. The Labute approximate surface area is 85.8 Å². The summed E-state index contributed by atoms with van der Waals surface area (Å²) < 4.78 is 6.18. The van der Waals surface area contributed by atoms with Gasteiger partial charge in [-0.15, -0.1) is 0 Å². The average Bonchev–Trinajstić information content (AvgIpc) is 2.50. The maximum atomic E-state index is 10.6. The summed E-state index contributed by atoms with van der Waals surface area (Å²) in [6, 6.07) is 0. The molecule has 0 spiro atoms. The molecule has 7 heteroatoms. The van der Waals surface area contributed by atoms with E-state index in [1.165, 1.54) is 17.8 Å². The molecule has 1 unspecified atom stereocenters. The van der Waals surface area contributed by atoms with Crippen molar-refractivity contribution in [2.45, 2.75) is 26.5 Å². The lowest BCUT2D eigenvalue weighted by Crippen LogP contribution is -2.19. The molecule has 0 saturated carbocycles. The molecule has 82 valence electrons. The average molecular weight is 213 g/mol. The Bertz CT molecular complexity index is 374. The van der Waals surface area contributed by atoms with Crippen molar-refractivity contribution in [1.29, 1.82) is 0 Å². The molecule has 1 heterocycles. The number of imidazole rings is 1. The van der Waals surface area contributed by atoms with Crippen LogP contribution in [0.15, 0.2) is 12.5 Å². The highest BCUT2D eigenvalue weighted by Crippen LogP contribution is 2.10. The molecule has 0 bridgehead atoms. The molecule has 7 nitrogen and oxygen atoms in total. The second-order valence-corrected chi connectivity index (χ2v) is 3.08. The molecule has 0 N–H and O–H groups in total. The van der Waals surface area contributed by atoms with Crippen LogP contribution in [0.4, 0.5) is 5.82 Å². The van der Waals surface area contributed by atoms with Gasteiger partial charge in [0.15, 0.2) is 6.33 Å². The quantitative estimate of drug-likeness (QED) is 0.418. The van der Waals surface area contributed by atoms with Crippen LogP contribution >= 0.6 is 0 Å². The summed E-state index contributed by atoms with van der Waals surface area (Å²) in [5, 5.41) is 10.5. The highest BCUT2D eigenvalue weighted by molar-refractivity contribution is 5.66. The zero-order valence-corrected chi connectivity index (χ0v) is 8.41. The first-order valence-electron chi connectivity index (χ1n) is 4.32. The molecule has 1 atom stereocenters. The van der Waals surface area contributed by atoms with Gasteiger partial charge in [-0.1, -0.05) is 0 Å². The summed E-state index contributed by atoms with van der Waals surface area (Å²) in [6.07, 6.45) is 2.06. The first kappa shape index (κ1) is 11.2. The van der Waals surface area contributed by atoms with E-state index in [4.69, 9.17) is 4.74 Å². The Morgan fingerprint density at radius 3 is 3.00 bits per heavy atom. The topological polar surface area (TPSA) is 87.3 Å². The van der Waals surface area contributed by atoms with E-state index in [2.05, 4.69) is 4.98 Å². The Morgan fingerprint density at radius 2 is 2.47 bits per heavy atom. The number of rotatable bonds is 4. The smallest absolute Gasteiger partial charge is 0.342 e. The van der Waals surface area contributed by atoms with Crippen molar-refractivity contribution in [3.8, 4) is 0 Å². The Balaban J connectivity index is 2.67. The number of hydrogen-bond donors (Lipinski definition) is 0. The second-order valence-electron chi connectivity index (χ2n) is 3.08. The lowest BCUT2D eigenvalue weighted by molar-refractivity contribution is -0.392. The third-order valence-electron chi connectivity index (χ3n) is 1.70. The Kier molecular flexibility index (Phi) is 3.37. The molecule has 0 aliphatic rings. The fourth-order valence-electron chi connectivity index (χ4n) is 1.20. The van der Waals surface area contributed by atoms with Crippen LogP contribution in [-0.4, -0.2) is 26.5 Å². The second kappa shape index (κ2) is 4.54. The van der Waals surface area contributed by atoms with Crippen molar-refractivity contribution in [3.05, 3.63) is 22.6 Å². The molecule has 0 saturated heterocycles. The molecule has 1 aromatic heterocycles. The summed E-state index contributed by atoms with van der Waals surface area (Å²) in [6.45, 7) is 3.17. The summed E-state index contributed by atoms with van der Waals surface area (Å²) in [5.41, 5.74) is 0. The lowest BCUT2D eigenvalue weighted by atomic mass is 10.4. The van der Waals surface area contributed by atoms with Crippen LogP contribution in [0, 0.1) is 10.1 Å². The zero-order valence-electron chi connectivity index (χ0n) is 8.41. The van der Waals surface area contributed by atoms with Crippen LogP contribution < -0.4 is 0 Å². The van der Waals surface area contributed by atoms with Crippen LogP contribution in [0.1, 0.15) is 13.8 Å². The van der Waals surface area contributed by atoms with Gasteiger partial charge in [0.2, 0.25) is 0 Å². The summed E-state index contributed by atoms with van der Waals surface area (Å²) in [4.78, 5) is 24.3. The van der Waals surface area contributed by atoms with Gasteiger partial charge >= 0.3 is 11.8 Å². The van der Waals surface area contributed by atoms with Crippen molar-refractivity contribution in [1.82, 2.24) is 9.55 Å². The minimum atomic E-state index is -0.534. The van der Waals surface area contributed by atoms with Gasteiger partial charge in [-0.25, -0.2) is 9.55 Å². The van der Waals surface area contributed by atoms with Gasteiger partial charge in [0.25, 0.3) is 0 Å². The fraction of sp³-hybridized carbons (Fsp3) is 0.500. The van der Waals surface area contributed by atoms with Gasteiger partial charge < -0.3 is 14.9 Å². The predicted molar refractivity (Wildman–Crippen MR) is 50.1 cm³/mol. The Hall–Kier alpha value is -1.92. The zero-order chi connectivity index (χ0) is 11.4. The van der Waals surface area contributed by atoms with E-state index in [-0.39, 0.29) is 12.4 Å². The van der Waals surface area contributed by atoms with E-state index in [1.807, 2.05) is 0 Å². The molecule has 0 radical (unpaired) electrons. The maximum absolute atomic E-state index is 10.6. The molecule has 0 aliphatic heterocycles. The molecule has 15 heavy (non-hydrogen) atoms. The monoisotopic (exact) mass is 213 g/mol. The molecule has 1 rings (SSSR count). The van der Waals surface area contributed by atoms with E-state index in [0.717, 1.165) is 6.20 Å². The summed E-state index contributed by atoms with van der Waals surface area (Å²) >= 11 is 0. The molecule has 0 aromatic carbocycles. The number of carbonyl (C=O) groups excluding carboxylic acids is 1. The normalized spacial score (nSPS) is 12.1. The molecule has 0 aliphatic carbocycles. The van der Waals surface area contributed by atoms with Gasteiger partial charge in [0.1, 0.15) is 18.8 Å². The minimum absolute atomic E-state index is 0.117. The van der Waals surface area contributed by atoms with Gasteiger partial charge in [-0.2, -0.15) is 0 Å².